The van der Waals surface area contributed by atoms with Crippen LogP contribution in [-0.4, -0.2) is 11.1 Å². The van der Waals surface area contributed by atoms with Crippen LogP contribution in [0.25, 0.3) is 22.3 Å². The van der Waals surface area contributed by atoms with Crippen LogP contribution in [0.5, 0.6) is 0 Å². The molecule has 37 heavy (non-hydrogen) atoms. The number of carbonyl (C=O) groups is 1. The molecule has 0 spiro atoms. The van der Waals surface area contributed by atoms with Crippen LogP contribution in [0.2, 0.25) is 0 Å². The topological polar surface area (TPSA) is 37.3 Å². The summed E-state index contributed by atoms with van der Waals surface area (Å²) in [6, 6.07) is 22.5. The minimum absolute atomic E-state index is 0.183. The number of hydrogen-bond donors (Lipinski definition) is 1. The summed E-state index contributed by atoms with van der Waals surface area (Å²) in [5, 5.41) is 9.94. The summed E-state index contributed by atoms with van der Waals surface area (Å²) in [7, 11) is 0. The Kier molecular flexibility index (Phi) is 7.12. The molecule has 190 valence electrons. The van der Waals surface area contributed by atoms with Crippen molar-refractivity contribution in [1.29, 1.82) is 0 Å². The van der Waals surface area contributed by atoms with Gasteiger partial charge in [0.05, 0.1) is 17.0 Å². The predicted molar refractivity (Wildman–Crippen MR) is 128 cm³/mol. The highest BCUT2D eigenvalue weighted by molar-refractivity contribution is 5.86. The number of hydrogen-bond acceptors (Lipinski definition) is 1. The molecule has 0 heterocycles. The Morgan fingerprint density at radius 1 is 0.649 bits per heavy atom. The van der Waals surface area contributed by atoms with Crippen molar-refractivity contribution in [1.82, 2.24) is 0 Å². The van der Waals surface area contributed by atoms with Gasteiger partial charge in [0, 0.05) is 0 Å². The Balaban J connectivity index is 1.83. The molecule has 0 aliphatic rings. The van der Waals surface area contributed by atoms with E-state index in [0.717, 1.165) is 29.8 Å². The minimum atomic E-state index is -4.54. The van der Waals surface area contributed by atoms with E-state index in [1.165, 1.54) is 24.3 Å². The van der Waals surface area contributed by atoms with Gasteiger partial charge >= 0.3 is 18.3 Å². The van der Waals surface area contributed by atoms with Crippen molar-refractivity contribution in [3.8, 4) is 22.3 Å². The fourth-order valence-corrected chi connectivity index (χ4v) is 4.14. The van der Waals surface area contributed by atoms with Gasteiger partial charge in [-0.05, 0) is 70.1 Å². The third-order valence-corrected chi connectivity index (χ3v) is 6.07. The maximum absolute atomic E-state index is 13.1. The van der Waals surface area contributed by atoms with Crippen molar-refractivity contribution in [2.24, 2.45) is 0 Å². The van der Waals surface area contributed by atoms with Crippen molar-refractivity contribution in [3.05, 3.63) is 119 Å². The van der Waals surface area contributed by atoms with E-state index in [1.54, 1.807) is 48.5 Å². The first-order chi connectivity index (χ1) is 17.4. The van der Waals surface area contributed by atoms with E-state index in [-0.39, 0.29) is 6.42 Å². The van der Waals surface area contributed by atoms with Gasteiger partial charge < -0.3 is 5.11 Å². The summed E-state index contributed by atoms with van der Waals surface area (Å²) in [6.45, 7) is 0. The van der Waals surface area contributed by atoms with Gasteiger partial charge in [0.2, 0.25) is 0 Å². The van der Waals surface area contributed by atoms with Gasteiger partial charge in [-0.2, -0.15) is 26.3 Å². The fraction of sp³-hybridized carbons (Fsp3) is 0.138. The van der Waals surface area contributed by atoms with Crippen LogP contribution in [0.15, 0.2) is 97.1 Å². The number of rotatable bonds is 6. The van der Waals surface area contributed by atoms with Crippen LogP contribution >= 0.6 is 0 Å². The second-order valence-corrected chi connectivity index (χ2v) is 8.54. The molecule has 0 saturated heterocycles. The van der Waals surface area contributed by atoms with Gasteiger partial charge in [-0.25, -0.2) is 0 Å². The van der Waals surface area contributed by atoms with E-state index in [1.807, 2.05) is 0 Å². The summed E-state index contributed by atoms with van der Waals surface area (Å²) in [5.74, 6) is -2.03. The number of halogens is 6. The molecule has 0 amide bonds. The first kappa shape index (κ1) is 26.0. The molecule has 4 rings (SSSR count). The van der Waals surface area contributed by atoms with Crippen LogP contribution in [0, 0.1) is 0 Å². The van der Waals surface area contributed by atoms with Gasteiger partial charge in [-0.3, -0.25) is 4.79 Å². The van der Waals surface area contributed by atoms with Crippen LogP contribution in [0.1, 0.15) is 28.2 Å². The second kappa shape index (κ2) is 10.1. The summed E-state index contributed by atoms with van der Waals surface area (Å²) < 4.78 is 78.5. The molecule has 4 aromatic carbocycles. The van der Waals surface area contributed by atoms with E-state index in [9.17, 15) is 36.2 Å². The zero-order chi connectivity index (χ0) is 26.8. The number of alkyl halides is 6. The highest BCUT2D eigenvalue weighted by atomic mass is 19.4. The molecule has 0 aromatic heterocycles. The third-order valence-electron chi connectivity index (χ3n) is 6.07. The molecule has 0 radical (unpaired) electrons. The molecular formula is C29H20F6O2. The molecule has 1 atom stereocenters. The molecule has 0 fully saturated rings. The number of benzene rings is 4. The lowest BCUT2D eigenvalue weighted by atomic mass is 9.86. The van der Waals surface area contributed by atoms with Crippen molar-refractivity contribution < 1.29 is 36.2 Å². The molecule has 0 bridgehead atoms. The first-order valence-electron chi connectivity index (χ1n) is 11.2. The second-order valence-electron chi connectivity index (χ2n) is 8.54. The van der Waals surface area contributed by atoms with Gasteiger partial charge in [-0.15, -0.1) is 0 Å². The molecule has 2 nitrogen and oxygen atoms in total. The van der Waals surface area contributed by atoms with E-state index >= 15 is 0 Å². The van der Waals surface area contributed by atoms with Gasteiger partial charge in [0.1, 0.15) is 0 Å². The molecule has 0 aliphatic heterocycles. The molecule has 1 unspecified atom stereocenters. The Morgan fingerprint density at radius 3 is 1.59 bits per heavy atom. The molecule has 0 saturated carbocycles. The zero-order valence-electron chi connectivity index (χ0n) is 19.1. The summed E-state index contributed by atoms with van der Waals surface area (Å²) in [4.78, 5) is 12.2. The smallest absolute Gasteiger partial charge is 0.416 e. The number of carboxylic acid groups (broad SMARTS) is 1. The third kappa shape index (κ3) is 6.02. The molecule has 8 heteroatoms. The Morgan fingerprint density at radius 2 is 1.14 bits per heavy atom. The zero-order valence-corrected chi connectivity index (χ0v) is 19.1. The van der Waals surface area contributed by atoms with Crippen molar-refractivity contribution in [2.75, 3.05) is 0 Å². The minimum Gasteiger partial charge on any atom is -0.481 e. The average Bonchev–Trinajstić information content (AvgIpc) is 2.86. The lowest BCUT2D eigenvalue weighted by Gasteiger charge is -2.18. The molecule has 0 aliphatic carbocycles. The van der Waals surface area contributed by atoms with Crippen LogP contribution in [0.3, 0.4) is 0 Å². The Labute approximate surface area is 208 Å². The predicted octanol–water partition coefficient (Wildman–Crippen LogP) is 8.47. The lowest BCUT2D eigenvalue weighted by Crippen LogP contribution is -2.14. The van der Waals surface area contributed by atoms with E-state index in [2.05, 4.69) is 0 Å². The Hall–Kier alpha value is -4.07. The number of aliphatic carboxylic acids is 1. The maximum atomic E-state index is 13.1. The SMILES string of the molecule is O=C(O)C(Cc1ccccc1)c1ccc(-c2ccc(C(F)(F)F)cc2)c(-c2ccc(C(F)(F)F)cc2)c1. The van der Waals surface area contributed by atoms with Crippen molar-refractivity contribution in [2.45, 2.75) is 24.7 Å². The molecule has 4 aromatic rings. The van der Waals surface area contributed by atoms with Crippen molar-refractivity contribution >= 4 is 5.97 Å². The van der Waals surface area contributed by atoms with Gasteiger partial charge in [-0.1, -0.05) is 66.7 Å². The first-order valence-corrected chi connectivity index (χ1v) is 11.2. The van der Waals surface area contributed by atoms with Gasteiger partial charge in [0.15, 0.2) is 0 Å². The lowest BCUT2D eigenvalue weighted by molar-refractivity contribution is -0.139. The molecular weight excluding hydrogens is 494 g/mol. The number of carboxylic acids is 1. The van der Waals surface area contributed by atoms with Gasteiger partial charge in [0.25, 0.3) is 0 Å². The maximum Gasteiger partial charge on any atom is 0.416 e. The summed E-state index contributed by atoms with van der Waals surface area (Å²) in [6.07, 6.45) is -8.88. The normalized spacial score (nSPS) is 12.8. The van der Waals surface area contributed by atoms with Crippen molar-refractivity contribution in [3.63, 3.8) is 0 Å². The Bertz CT molecular complexity index is 1370. The standard InChI is InChI=1S/C29H20F6O2/c30-28(31,32)22-11-6-19(7-12-22)24-15-10-21(26(27(36)37)16-18-4-2-1-3-5-18)17-25(24)20-8-13-23(14-9-20)29(33,34)35/h1-15,17,26H,16H2,(H,36,37). The van der Waals surface area contributed by atoms with Crippen LogP contribution in [-0.2, 0) is 23.6 Å². The quantitative estimate of drug-likeness (QED) is 0.262. The van der Waals surface area contributed by atoms with E-state index < -0.39 is 35.4 Å². The summed E-state index contributed by atoms with van der Waals surface area (Å²) in [5.41, 5.74) is 1.16. The molecule has 1 N–H and O–H groups in total. The van der Waals surface area contributed by atoms with E-state index in [4.69, 9.17) is 0 Å². The fourth-order valence-electron chi connectivity index (χ4n) is 4.14. The monoisotopic (exact) mass is 514 g/mol. The van der Waals surface area contributed by atoms with E-state index in [0.29, 0.717) is 27.8 Å². The van der Waals surface area contributed by atoms with Crippen LogP contribution in [0.4, 0.5) is 26.3 Å². The highest BCUT2D eigenvalue weighted by Crippen LogP contribution is 2.38. The largest absolute Gasteiger partial charge is 0.481 e. The highest BCUT2D eigenvalue weighted by Gasteiger charge is 2.31. The van der Waals surface area contributed by atoms with Crippen LogP contribution < -0.4 is 0 Å². The average molecular weight is 514 g/mol. The summed E-state index contributed by atoms with van der Waals surface area (Å²) >= 11 is 0.